The van der Waals surface area contributed by atoms with Crippen molar-refractivity contribution in [3.05, 3.63) is 49.1 Å². The first-order chi connectivity index (χ1) is 11.8. The normalized spacial score (nSPS) is 11.2. The Kier molecular flexibility index (Phi) is 3.61. The number of anilines is 1. The number of nitrogens with zero attached hydrogens (tertiary/aromatic N) is 4. The predicted molar refractivity (Wildman–Crippen MR) is 98.2 cm³/mol. The summed E-state index contributed by atoms with van der Waals surface area (Å²) in [5, 5.41) is 2.27. The van der Waals surface area contributed by atoms with Crippen LogP contribution < -0.4 is 4.90 Å². The molecule has 5 heteroatoms. The molecule has 24 heavy (non-hydrogen) atoms. The van der Waals surface area contributed by atoms with Crippen LogP contribution in [0, 0.1) is 0 Å². The van der Waals surface area contributed by atoms with Gasteiger partial charge in [-0.3, -0.25) is 9.97 Å². The van der Waals surface area contributed by atoms with Crippen molar-refractivity contribution in [3.63, 3.8) is 0 Å². The maximum atomic E-state index is 4.60. The van der Waals surface area contributed by atoms with Crippen LogP contribution in [0.3, 0.4) is 0 Å². The lowest BCUT2D eigenvalue weighted by molar-refractivity contribution is 0.864. The molecule has 4 aromatic heterocycles. The monoisotopic (exact) mass is 317 g/mol. The fraction of sp³-hybridized carbons (Fsp3) is 0.211. The van der Waals surface area contributed by atoms with Crippen LogP contribution in [-0.4, -0.2) is 33.0 Å². The zero-order valence-corrected chi connectivity index (χ0v) is 13.8. The topological polar surface area (TPSA) is 57.7 Å². The van der Waals surface area contributed by atoms with Gasteiger partial charge in [-0.15, -0.1) is 0 Å². The van der Waals surface area contributed by atoms with Gasteiger partial charge >= 0.3 is 0 Å². The highest BCUT2D eigenvalue weighted by molar-refractivity contribution is 6.07. The van der Waals surface area contributed by atoms with Crippen molar-refractivity contribution in [1.82, 2.24) is 19.9 Å². The average molecular weight is 317 g/mol. The van der Waals surface area contributed by atoms with Gasteiger partial charge in [-0.25, -0.2) is 4.98 Å². The van der Waals surface area contributed by atoms with E-state index in [2.05, 4.69) is 50.8 Å². The summed E-state index contributed by atoms with van der Waals surface area (Å²) in [6, 6.07) is 8.27. The second-order valence-electron chi connectivity index (χ2n) is 5.74. The van der Waals surface area contributed by atoms with E-state index in [0.717, 1.165) is 52.0 Å². The summed E-state index contributed by atoms with van der Waals surface area (Å²) >= 11 is 0. The summed E-state index contributed by atoms with van der Waals surface area (Å²) in [6.07, 6.45) is 7.41. The third kappa shape index (κ3) is 2.38. The summed E-state index contributed by atoms with van der Waals surface area (Å²) in [5.74, 6) is 0. The van der Waals surface area contributed by atoms with Gasteiger partial charge in [0.25, 0.3) is 0 Å². The third-order valence-electron chi connectivity index (χ3n) is 4.41. The minimum atomic E-state index is 0.894. The molecule has 0 saturated carbocycles. The van der Waals surface area contributed by atoms with E-state index in [1.807, 2.05) is 30.7 Å². The molecule has 0 aliphatic heterocycles. The molecule has 4 aromatic rings. The van der Waals surface area contributed by atoms with Gasteiger partial charge in [0.2, 0.25) is 0 Å². The highest BCUT2D eigenvalue weighted by Gasteiger charge is 2.11. The van der Waals surface area contributed by atoms with E-state index in [1.165, 1.54) is 0 Å². The van der Waals surface area contributed by atoms with Crippen molar-refractivity contribution in [2.75, 3.05) is 18.0 Å². The Bertz CT molecular complexity index is 987. The van der Waals surface area contributed by atoms with E-state index >= 15 is 0 Å². The van der Waals surface area contributed by atoms with Gasteiger partial charge in [0, 0.05) is 41.8 Å². The van der Waals surface area contributed by atoms with Crippen molar-refractivity contribution in [3.8, 4) is 11.3 Å². The lowest BCUT2D eigenvalue weighted by Crippen LogP contribution is -2.21. The quantitative estimate of drug-likeness (QED) is 0.617. The number of pyridine rings is 3. The number of nitrogens with one attached hydrogen (secondary N) is 1. The van der Waals surface area contributed by atoms with Gasteiger partial charge < -0.3 is 9.88 Å². The van der Waals surface area contributed by atoms with Gasteiger partial charge in [-0.2, -0.15) is 0 Å². The molecule has 120 valence electrons. The third-order valence-corrected chi connectivity index (χ3v) is 4.41. The molecule has 0 aliphatic carbocycles. The summed E-state index contributed by atoms with van der Waals surface area (Å²) in [4.78, 5) is 19.0. The predicted octanol–water partition coefficient (Wildman–Crippen LogP) is 4.02. The molecule has 4 heterocycles. The van der Waals surface area contributed by atoms with E-state index in [0.29, 0.717) is 0 Å². The van der Waals surface area contributed by atoms with Crippen LogP contribution in [0.2, 0.25) is 0 Å². The lowest BCUT2D eigenvalue weighted by Gasteiger charge is -2.20. The van der Waals surface area contributed by atoms with E-state index in [4.69, 9.17) is 0 Å². The molecule has 5 nitrogen and oxygen atoms in total. The number of fused-ring (bicyclic) bond motifs is 3. The molecule has 0 radical (unpaired) electrons. The molecule has 0 unspecified atom stereocenters. The van der Waals surface area contributed by atoms with Crippen molar-refractivity contribution < 1.29 is 0 Å². The first-order valence-electron chi connectivity index (χ1n) is 8.23. The van der Waals surface area contributed by atoms with Crippen molar-refractivity contribution >= 4 is 27.6 Å². The van der Waals surface area contributed by atoms with Gasteiger partial charge in [0.05, 0.1) is 29.3 Å². The fourth-order valence-corrected chi connectivity index (χ4v) is 3.10. The summed E-state index contributed by atoms with van der Waals surface area (Å²) in [6.45, 7) is 6.25. The standard InChI is InChI=1S/C19H19N5/c1-3-24(4-2)14-8-16-15-9-17(13-6-5-7-20-10-13)21-12-18(15)23-19(16)22-11-14/h5-12H,3-4H2,1-2H3,(H,22,23). The summed E-state index contributed by atoms with van der Waals surface area (Å²) < 4.78 is 0. The van der Waals surface area contributed by atoms with Crippen molar-refractivity contribution in [2.24, 2.45) is 0 Å². The Morgan fingerprint density at radius 3 is 2.62 bits per heavy atom. The molecule has 0 amide bonds. The first-order valence-corrected chi connectivity index (χ1v) is 8.23. The maximum absolute atomic E-state index is 4.60. The SMILES string of the molecule is CCN(CC)c1cnc2[nH]c3cnc(-c4cccnc4)cc3c2c1. The zero-order chi connectivity index (χ0) is 16.5. The molecule has 0 saturated heterocycles. The van der Waals surface area contributed by atoms with E-state index in [9.17, 15) is 0 Å². The molecule has 0 atom stereocenters. The Hall–Kier alpha value is -2.95. The lowest BCUT2D eigenvalue weighted by atomic mass is 10.1. The second kappa shape index (κ2) is 5.92. The van der Waals surface area contributed by atoms with Crippen LogP contribution in [0.1, 0.15) is 13.8 Å². The minimum absolute atomic E-state index is 0.894. The second-order valence-corrected chi connectivity index (χ2v) is 5.74. The van der Waals surface area contributed by atoms with Gasteiger partial charge in [0.1, 0.15) is 5.65 Å². The molecule has 0 aliphatic rings. The number of H-pyrrole nitrogens is 1. The molecule has 4 rings (SSSR count). The van der Waals surface area contributed by atoms with Crippen LogP contribution in [-0.2, 0) is 0 Å². The molecular weight excluding hydrogens is 298 g/mol. The number of hydrogen-bond acceptors (Lipinski definition) is 4. The Morgan fingerprint density at radius 1 is 1.00 bits per heavy atom. The largest absolute Gasteiger partial charge is 0.371 e. The highest BCUT2D eigenvalue weighted by atomic mass is 15.1. The van der Waals surface area contributed by atoms with Gasteiger partial charge in [-0.1, -0.05) is 0 Å². The molecule has 0 bridgehead atoms. The Balaban J connectivity index is 1.91. The van der Waals surface area contributed by atoms with Gasteiger partial charge in [-0.05, 0) is 38.1 Å². The summed E-state index contributed by atoms with van der Waals surface area (Å²) in [5.41, 5.74) is 4.98. The van der Waals surface area contributed by atoms with Crippen LogP contribution >= 0.6 is 0 Å². The van der Waals surface area contributed by atoms with Crippen LogP contribution in [0.4, 0.5) is 5.69 Å². The first kappa shape index (κ1) is 14.6. The molecule has 0 fully saturated rings. The minimum Gasteiger partial charge on any atom is -0.371 e. The van der Waals surface area contributed by atoms with E-state index < -0.39 is 0 Å². The highest BCUT2D eigenvalue weighted by Crippen LogP contribution is 2.29. The Morgan fingerprint density at radius 2 is 1.88 bits per heavy atom. The van der Waals surface area contributed by atoms with E-state index in [-0.39, 0.29) is 0 Å². The zero-order valence-electron chi connectivity index (χ0n) is 13.8. The van der Waals surface area contributed by atoms with Crippen LogP contribution in [0.25, 0.3) is 33.2 Å². The Labute approximate surface area is 140 Å². The summed E-state index contributed by atoms with van der Waals surface area (Å²) in [7, 11) is 0. The maximum Gasteiger partial charge on any atom is 0.138 e. The number of aromatic nitrogens is 4. The van der Waals surface area contributed by atoms with Gasteiger partial charge in [0.15, 0.2) is 0 Å². The average Bonchev–Trinajstić information content (AvgIpc) is 3.01. The smallest absolute Gasteiger partial charge is 0.138 e. The molecule has 1 N–H and O–H groups in total. The number of hydrogen-bond donors (Lipinski definition) is 1. The number of aromatic amines is 1. The molecule has 0 aromatic carbocycles. The van der Waals surface area contributed by atoms with Crippen LogP contribution in [0.5, 0.6) is 0 Å². The van der Waals surface area contributed by atoms with Crippen molar-refractivity contribution in [2.45, 2.75) is 13.8 Å². The van der Waals surface area contributed by atoms with Crippen LogP contribution in [0.15, 0.2) is 49.1 Å². The molecule has 0 spiro atoms. The van der Waals surface area contributed by atoms with E-state index in [1.54, 1.807) is 6.20 Å². The fourth-order valence-electron chi connectivity index (χ4n) is 3.10. The molecular formula is C19H19N5. The number of rotatable bonds is 4. The van der Waals surface area contributed by atoms with Crippen molar-refractivity contribution in [1.29, 1.82) is 0 Å².